The molecule has 3 rings (SSSR count). The molecule has 2 aromatic carbocycles. The Kier molecular flexibility index (Phi) is 6.21. The fraction of sp³-hybridized carbons (Fsp3) is 0.200. The molecule has 0 aliphatic carbocycles. The summed E-state index contributed by atoms with van der Waals surface area (Å²) in [5, 5.41) is 7.75. The lowest BCUT2D eigenvalue weighted by Gasteiger charge is -2.17. The number of carbonyl (C=O) groups is 1. The normalized spacial score (nSPS) is 11.0. The van der Waals surface area contributed by atoms with Gasteiger partial charge in [-0.15, -0.1) is 0 Å². The summed E-state index contributed by atoms with van der Waals surface area (Å²) in [6, 6.07) is 15.8. The van der Waals surface area contributed by atoms with Gasteiger partial charge < -0.3 is 5.32 Å². The SMILES string of the molecule is CN(CC(=O)Nc1ccnn1Cc1cccc(Cl)c1)Cc1ccccc1F. The van der Waals surface area contributed by atoms with E-state index in [4.69, 9.17) is 11.6 Å². The average Bonchev–Trinajstić information content (AvgIpc) is 3.03. The number of rotatable bonds is 7. The van der Waals surface area contributed by atoms with Gasteiger partial charge in [0.15, 0.2) is 0 Å². The molecule has 0 aliphatic heterocycles. The Labute approximate surface area is 162 Å². The van der Waals surface area contributed by atoms with E-state index in [0.717, 1.165) is 5.56 Å². The molecule has 0 fully saturated rings. The van der Waals surface area contributed by atoms with Gasteiger partial charge in [0.25, 0.3) is 0 Å². The first-order chi connectivity index (χ1) is 13.0. The van der Waals surface area contributed by atoms with Crippen LogP contribution in [0.3, 0.4) is 0 Å². The average molecular weight is 387 g/mol. The highest BCUT2D eigenvalue weighted by molar-refractivity contribution is 6.30. The van der Waals surface area contributed by atoms with Crippen molar-refractivity contribution in [2.45, 2.75) is 13.1 Å². The van der Waals surface area contributed by atoms with Gasteiger partial charge in [0, 0.05) is 23.2 Å². The van der Waals surface area contributed by atoms with Crippen molar-refractivity contribution in [1.82, 2.24) is 14.7 Å². The molecular formula is C20H20ClFN4O. The fourth-order valence-corrected chi connectivity index (χ4v) is 2.99. The van der Waals surface area contributed by atoms with Crippen molar-refractivity contribution in [3.63, 3.8) is 0 Å². The first kappa shape index (κ1) is 19.1. The summed E-state index contributed by atoms with van der Waals surface area (Å²) in [5.41, 5.74) is 1.54. The van der Waals surface area contributed by atoms with Crippen LogP contribution in [0, 0.1) is 5.82 Å². The molecule has 0 saturated carbocycles. The number of anilines is 1. The molecule has 140 valence electrons. The summed E-state index contributed by atoms with van der Waals surface area (Å²) in [6.45, 7) is 0.979. The summed E-state index contributed by atoms with van der Waals surface area (Å²) in [7, 11) is 1.77. The highest BCUT2D eigenvalue weighted by Gasteiger charge is 2.12. The van der Waals surface area contributed by atoms with E-state index in [2.05, 4.69) is 10.4 Å². The number of halogens is 2. The molecule has 5 nitrogen and oxygen atoms in total. The largest absolute Gasteiger partial charge is 0.310 e. The molecule has 1 heterocycles. The van der Waals surface area contributed by atoms with Crippen molar-refractivity contribution in [2.75, 3.05) is 18.9 Å². The number of amides is 1. The van der Waals surface area contributed by atoms with Crippen molar-refractivity contribution in [3.8, 4) is 0 Å². The maximum absolute atomic E-state index is 13.7. The first-order valence-electron chi connectivity index (χ1n) is 8.49. The zero-order valence-corrected chi connectivity index (χ0v) is 15.7. The summed E-state index contributed by atoms with van der Waals surface area (Å²) in [5.74, 6) is 0.130. The van der Waals surface area contributed by atoms with E-state index in [0.29, 0.717) is 29.5 Å². The number of hydrogen-bond donors (Lipinski definition) is 1. The monoisotopic (exact) mass is 386 g/mol. The van der Waals surface area contributed by atoms with Crippen molar-refractivity contribution in [1.29, 1.82) is 0 Å². The maximum Gasteiger partial charge on any atom is 0.239 e. The van der Waals surface area contributed by atoms with Gasteiger partial charge >= 0.3 is 0 Å². The van der Waals surface area contributed by atoms with Gasteiger partial charge in [-0.2, -0.15) is 5.10 Å². The Hall–Kier alpha value is -2.70. The zero-order chi connectivity index (χ0) is 19.2. The molecule has 7 heteroatoms. The van der Waals surface area contributed by atoms with Crippen molar-refractivity contribution < 1.29 is 9.18 Å². The summed E-state index contributed by atoms with van der Waals surface area (Å²) >= 11 is 6.01. The molecule has 1 amide bonds. The molecular weight excluding hydrogens is 367 g/mol. The number of likely N-dealkylation sites (N-methyl/N-ethyl adjacent to an activating group) is 1. The van der Waals surface area contributed by atoms with Crippen LogP contribution in [0.15, 0.2) is 60.8 Å². The molecule has 1 N–H and O–H groups in total. The van der Waals surface area contributed by atoms with Gasteiger partial charge in [-0.3, -0.25) is 9.69 Å². The van der Waals surface area contributed by atoms with Crippen LogP contribution in [0.4, 0.5) is 10.2 Å². The summed E-state index contributed by atoms with van der Waals surface area (Å²) in [4.78, 5) is 14.1. The van der Waals surface area contributed by atoms with Gasteiger partial charge in [-0.25, -0.2) is 9.07 Å². The molecule has 27 heavy (non-hydrogen) atoms. The molecule has 0 unspecified atom stereocenters. The Morgan fingerprint density at radius 3 is 2.81 bits per heavy atom. The fourth-order valence-electron chi connectivity index (χ4n) is 2.77. The third kappa shape index (κ3) is 5.39. The molecule has 0 radical (unpaired) electrons. The second-order valence-electron chi connectivity index (χ2n) is 6.32. The number of benzene rings is 2. The minimum Gasteiger partial charge on any atom is -0.310 e. The highest BCUT2D eigenvalue weighted by atomic mass is 35.5. The Balaban J connectivity index is 1.58. The van der Waals surface area contributed by atoms with E-state index in [1.807, 2.05) is 24.3 Å². The predicted octanol–water partition coefficient (Wildman–Crippen LogP) is 3.79. The molecule has 1 aromatic heterocycles. The topological polar surface area (TPSA) is 50.2 Å². The number of aromatic nitrogens is 2. The molecule has 0 bridgehead atoms. The minimum absolute atomic E-state index is 0.136. The molecule has 0 aliphatic rings. The van der Waals surface area contributed by atoms with Crippen molar-refractivity contribution in [3.05, 3.63) is 82.8 Å². The van der Waals surface area contributed by atoms with E-state index in [-0.39, 0.29) is 18.3 Å². The Morgan fingerprint density at radius 1 is 1.22 bits per heavy atom. The van der Waals surface area contributed by atoms with Gasteiger partial charge in [0.2, 0.25) is 5.91 Å². The van der Waals surface area contributed by atoms with Gasteiger partial charge in [-0.1, -0.05) is 41.9 Å². The second kappa shape index (κ2) is 8.79. The van der Waals surface area contributed by atoms with Crippen LogP contribution in [0.5, 0.6) is 0 Å². The third-order valence-electron chi connectivity index (χ3n) is 4.02. The number of hydrogen-bond acceptors (Lipinski definition) is 3. The summed E-state index contributed by atoms with van der Waals surface area (Å²) < 4.78 is 15.4. The Morgan fingerprint density at radius 2 is 2.04 bits per heavy atom. The second-order valence-corrected chi connectivity index (χ2v) is 6.75. The standard InChI is InChI=1S/C20H20ClFN4O/c1-25(13-16-6-2-3-8-18(16)22)14-20(27)24-19-9-10-23-26(19)12-15-5-4-7-17(21)11-15/h2-11H,12-14H2,1H3,(H,24,27). The van der Waals surface area contributed by atoms with Crippen LogP contribution < -0.4 is 5.32 Å². The highest BCUT2D eigenvalue weighted by Crippen LogP contribution is 2.15. The van der Waals surface area contributed by atoms with Crippen LogP contribution in [0.1, 0.15) is 11.1 Å². The van der Waals surface area contributed by atoms with Gasteiger partial charge in [0.1, 0.15) is 11.6 Å². The van der Waals surface area contributed by atoms with Gasteiger partial charge in [-0.05, 0) is 30.8 Å². The van der Waals surface area contributed by atoms with E-state index in [1.54, 1.807) is 47.1 Å². The zero-order valence-electron chi connectivity index (χ0n) is 14.9. The summed E-state index contributed by atoms with van der Waals surface area (Å²) in [6.07, 6.45) is 1.63. The smallest absolute Gasteiger partial charge is 0.239 e. The lowest BCUT2D eigenvalue weighted by Crippen LogP contribution is -2.30. The van der Waals surface area contributed by atoms with Crippen LogP contribution in [-0.2, 0) is 17.9 Å². The van der Waals surface area contributed by atoms with Crippen LogP contribution in [-0.4, -0.2) is 34.2 Å². The molecule has 0 atom stereocenters. The minimum atomic E-state index is -0.274. The van der Waals surface area contributed by atoms with Crippen LogP contribution in [0.2, 0.25) is 5.02 Å². The lowest BCUT2D eigenvalue weighted by molar-refractivity contribution is -0.117. The number of nitrogens with zero attached hydrogens (tertiary/aromatic N) is 3. The van der Waals surface area contributed by atoms with Crippen molar-refractivity contribution >= 4 is 23.3 Å². The maximum atomic E-state index is 13.7. The van der Waals surface area contributed by atoms with E-state index >= 15 is 0 Å². The molecule has 0 saturated heterocycles. The third-order valence-corrected chi connectivity index (χ3v) is 4.25. The Bertz CT molecular complexity index is 928. The lowest BCUT2D eigenvalue weighted by atomic mass is 10.2. The number of carbonyl (C=O) groups excluding carboxylic acids is 1. The number of nitrogens with one attached hydrogen (secondary N) is 1. The predicted molar refractivity (Wildman–Crippen MR) is 104 cm³/mol. The van der Waals surface area contributed by atoms with Crippen LogP contribution >= 0.6 is 11.6 Å². The molecule has 3 aromatic rings. The van der Waals surface area contributed by atoms with E-state index < -0.39 is 0 Å². The van der Waals surface area contributed by atoms with E-state index in [9.17, 15) is 9.18 Å². The van der Waals surface area contributed by atoms with Crippen molar-refractivity contribution in [2.24, 2.45) is 0 Å². The quantitative estimate of drug-likeness (QED) is 0.672. The van der Waals surface area contributed by atoms with Gasteiger partial charge in [0.05, 0.1) is 19.3 Å². The first-order valence-corrected chi connectivity index (χ1v) is 8.87. The van der Waals surface area contributed by atoms with Crippen LogP contribution in [0.25, 0.3) is 0 Å². The molecule has 0 spiro atoms. The van der Waals surface area contributed by atoms with E-state index in [1.165, 1.54) is 6.07 Å².